The highest BCUT2D eigenvalue weighted by atomic mass is 32.1. The van der Waals surface area contributed by atoms with E-state index in [1.54, 1.807) is 7.11 Å². The highest BCUT2D eigenvalue weighted by molar-refractivity contribution is 7.71. The molecule has 1 aliphatic rings. The number of hydrogen-bond acceptors (Lipinski definition) is 4. The van der Waals surface area contributed by atoms with Crippen LogP contribution in [-0.4, -0.2) is 26.6 Å². The zero-order valence-electron chi connectivity index (χ0n) is 9.64. The van der Waals surface area contributed by atoms with Crippen LogP contribution in [0, 0.1) is 10.7 Å². The van der Waals surface area contributed by atoms with Crippen LogP contribution in [0.25, 0.3) is 11.2 Å². The van der Waals surface area contributed by atoms with Crippen molar-refractivity contribution < 1.29 is 4.74 Å². The van der Waals surface area contributed by atoms with E-state index in [1.165, 1.54) is 25.6 Å². The van der Waals surface area contributed by atoms with E-state index in [2.05, 4.69) is 15.0 Å². The van der Waals surface area contributed by atoms with Gasteiger partial charge in [0.25, 0.3) is 0 Å². The number of H-pyrrole nitrogens is 1. The van der Waals surface area contributed by atoms with E-state index in [-0.39, 0.29) is 0 Å². The van der Waals surface area contributed by atoms with Gasteiger partial charge in [0.15, 0.2) is 10.4 Å². The monoisotopic (exact) mass is 250 g/mol. The van der Waals surface area contributed by atoms with Gasteiger partial charge < -0.3 is 14.3 Å². The van der Waals surface area contributed by atoms with Crippen LogP contribution in [0.1, 0.15) is 19.3 Å². The first-order valence-corrected chi connectivity index (χ1v) is 6.18. The lowest BCUT2D eigenvalue weighted by Crippen LogP contribution is -2.00. The van der Waals surface area contributed by atoms with Crippen LogP contribution in [-0.2, 0) is 6.54 Å². The van der Waals surface area contributed by atoms with E-state index in [9.17, 15) is 0 Å². The summed E-state index contributed by atoms with van der Waals surface area (Å²) in [6.45, 7) is 0.920. The number of fused-ring (bicyclic) bond motifs is 1. The second kappa shape index (κ2) is 4.10. The van der Waals surface area contributed by atoms with Crippen molar-refractivity contribution in [3.8, 4) is 5.88 Å². The molecule has 2 aromatic rings. The van der Waals surface area contributed by atoms with E-state index in [4.69, 9.17) is 17.0 Å². The summed E-state index contributed by atoms with van der Waals surface area (Å²) in [5.74, 6) is 1.43. The Labute approximate surface area is 104 Å². The molecule has 0 aliphatic heterocycles. The van der Waals surface area contributed by atoms with Gasteiger partial charge in [-0.1, -0.05) is 12.8 Å². The molecule has 1 fully saturated rings. The van der Waals surface area contributed by atoms with Crippen molar-refractivity contribution in [2.24, 2.45) is 5.92 Å². The summed E-state index contributed by atoms with van der Waals surface area (Å²) in [5, 5.41) is 0. The molecule has 90 valence electrons. The fourth-order valence-electron chi connectivity index (χ4n) is 2.03. The van der Waals surface area contributed by atoms with Crippen molar-refractivity contribution >= 4 is 23.4 Å². The first-order chi connectivity index (χ1) is 8.29. The summed E-state index contributed by atoms with van der Waals surface area (Å²) < 4.78 is 7.92. The van der Waals surface area contributed by atoms with Gasteiger partial charge in [-0.25, -0.2) is 4.98 Å². The first kappa shape index (κ1) is 10.7. The van der Waals surface area contributed by atoms with E-state index in [0.717, 1.165) is 23.6 Å². The third kappa shape index (κ3) is 1.93. The fraction of sp³-hybridized carbons (Fsp3) is 0.545. The summed E-state index contributed by atoms with van der Waals surface area (Å²) in [6.07, 6.45) is 5.40. The van der Waals surface area contributed by atoms with E-state index >= 15 is 0 Å². The quantitative estimate of drug-likeness (QED) is 0.846. The molecule has 1 N–H and O–H groups in total. The molecule has 0 saturated heterocycles. The van der Waals surface area contributed by atoms with Crippen molar-refractivity contribution in [1.29, 1.82) is 0 Å². The summed E-state index contributed by atoms with van der Waals surface area (Å²) in [6, 6.07) is 0. The number of ether oxygens (including phenoxy) is 1. The SMILES string of the molecule is COc1ncnc2c1[nH]c(=S)n2CCC1CC1. The molecule has 3 rings (SSSR count). The summed E-state index contributed by atoms with van der Waals surface area (Å²) in [4.78, 5) is 11.5. The van der Waals surface area contributed by atoms with Gasteiger partial charge >= 0.3 is 0 Å². The Morgan fingerprint density at radius 3 is 3.06 bits per heavy atom. The third-order valence-corrected chi connectivity index (χ3v) is 3.50. The Morgan fingerprint density at radius 1 is 1.53 bits per heavy atom. The van der Waals surface area contributed by atoms with Crippen LogP contribution in [0.2, 0.25) is 0 Å². The maximum Gasteiger partial charge on any atom is 0.242 e. The molecule has 6 heteroatoms. The van der Waals surface area contributed by atoms with Gasteiger partial charge in [-0.15, -0.1) is 0 Å². The molecular formula is C11H14N4OS. The van der Waals surface area contributed by atoms with Crippen molar-refractivity contribution in [2.75, 3.05) is 7.11 Å². The van der Waals surface area contributed by atoms with Crippen molar-refractivity contribution in [2.45, 2.75) is 25.8 Å². The number of imidazole rings is 1. The minimum Gasteiger partial charge on any atom is -0.479 e. The number of nitrogens with one attached hydrogen (secondary N) is 1. The van der Waals surface area contributed by atoms with E-state index in [1.807, 2.05) is 4.57 Å². The van der Waals surface area contributed by atoms with E-state index < -0.39 is 0 Å². The highest BCUT2D eigenvalue weighted by Crippen LogP contribution is 2.33. The molecule has 0 unspecified atom stereocenters. The van der Waals surface area contributed by atoms with Crippen LogP contribution in [0.5, 0.6) is 5.88 Å². The lowest BCUT2D eigenvalue weighted by molar-refractivity contribution is 0.401. The van der Waals surface area contributed by atoms with Crippen LogP contribution >= 0.6 is 12.2 Å². The summed E-state index contributed by atoms with van der Waals surface area (Å²) in [5.41, 5.74) is 1.62. The Morgan fingerprint density at radius 2 is 2.35 bits per heavy atom. The molecule has 0 radical (unpaired) electrons. The second-order valence-corrected chi connectivity index (χ2v) is 4.78. The predicted molar refractivity (Wildman–Crippen MR) is 66.6 cm³/mol. The number of aromatic nitrogens is 4. The molecule has 0 aromatic carbocycles. The van der Waals surface area contributed by atoms with Gasteiger partial charge in [0.05, 0.1) is 7.11 Å². The van der Waals surface area contributed by atoms with Crippen LogP contribution in [0.4, 0.5) is 0 Å². The molecule has 0 amide bonds. The zero-order valence-corrected chi connectivity index (χ0v) is 10.5. The van der Waals surface area contributed by atoms with Crippen molar-refractivity contribution in [3.05, 3.63) is 11.1 Å². The Bertz CT molecular complexity index is 599. The van der Waals surface area contributed by atoms with Crippen molar-refractivity contribution in [1.82, 2.24) is 19.5 Å². The Balaban J connectivity index is 2.03. The first-order valence-electron chi connectivity index (χ1n) is 5.77. The second-order valence-electron chi connectivity index (χ2n) is 4.40. The fourth-order valence-corrected chi connectivity index (χ4v) is 2.31. The minimum atomic E-state index is 0.547. The minimum absolute atomic E-state index is 0.547. The number of aromatic amines is 1. The maximum atomic E-state index is 5.32. The number of aryl methyl sites for hydroxylation is 1. The van der Waals surface area contributed by atoms with Gasteiger partial charge in [0.2, 0.25) is 5.88 Å². The smallest absolute Gasteiger partial charge is 0.242 e. The molecule has 5 nitrogen and oxygen atoms in total. The molecule has 0 spiro atoms. The van der Waals surface area contributed by atoms with Crippen LogP contribution < -0.4 is 4.74 Å². The van der Waals surface area contributed by atoms with E-state index in [0.29, 0.717) is 10.7 Å². The van der Waals surface area contributed by atoms with Gasteiger partial charge in [0, 0.05) is 6.54 Å². The average molecular weight is 250 g/mol. The lowest BCUT2D eigenvalue weighted by Gasteiger charge is -2.03. The molecular weight excluding hydrogens is 236 g/mol. The third-order valence-electron chi connectivity index (χ3n) is 3.18. The molecule has 1 saturated carbocycles. The van der Waals surface area contributed by atoms with Gasteiger partial charge in [-0.2, -0.15) is 4.98 Å². The molecule has 1 aliphatic carbocycles. The van der Waals surface area contributed by atoms with Crippen molar-refractivity contribution in [3.63, 3.8) is 0 Å². The Hall–Kier alpha value is -1.43. The largest absolute Gasteiger partial charge is 0.479 e. The Kier molecular flexibility index (Phi) is 2.58. The topological polar surface area (TPSA) is 55.7 Å². The summed E-state index contributed by atoms with van der Waals surface area (Å²) in [7, 11) is 1.60. The van der Waals surface area contributed by atoms with Gasteiger partial charge in [-0.05, 0) is 24.6 Å². The standard InChI is InChI=1S/C11H14N4OS/c1-16-10-8-9(12-6-13-10)15(11(17)14-8)5-4-7-2-3-7/h6-7H,2-5H2,1H3,(H,14,17). The number of hydrogen-bond donors (Lipinski definition) is 1. The normalized spacial score (nSPS) is 15.4. The summed E-state index contributed by atoms with van der Waals surface area (Å²) >= 11 is 5.32. The average Bonchev–Trinajstić information content (AvgIpc) is 3.10. The number of nitrogens with zero attached hydrogens (tertiary/aromatic N) is 3. The predicted octanol–water partition coefficient (Wildman–Crippen LogP) is 2.30. The van der Waals surface area contributed by atoms with Crippen LogP contribution in [0.3, 0.4) is 0 Å². The highest BCUT2D eigenvalue weighted by Gasteiger charge is 2.21. The molecule has 17 heavy (non-hydrogen) atoms. The number of methoxy groups -OCH3 is 1. The van der Waals surface area contributed by atoms with Gasteiger partial charge in [0.1, 0.15) is 11.8 Å². The lowest BCUT2D eigenvalue weighted by atomic mass is 10.3. The molecule has 2 aromatic heterocycles. The zero-order chi connectivity index (χ0) is 11.8. The number of rotatable bonds is 4. The van der Waals surface area contributed by atoms with Crippen LogP contribution in [0.15, 0.2) is 6.33 Å². The molecule has 0 bridgehead atoms. The molecule has 2 heterocycles. The maximum absolute atomic E-state index is 5.32. The molecule has 0 atom stereocenters. The van der Waals surface area contributed by atoms with Gasteiger partial charge in [-0.3, -0.25) is 0 Å².